The van der Waals surface area contributed by atoms with E-state index in [-0.39, 0.29) is 16.8 Å². The molecule has 0 spiro atoms. The molecule has 0 amide bonds. The second kappa shape index (κ2) is 5.55. The quantitative estimate of drug-likeness (QED) is 0.910. The molecule has 0 saturated heterocycles. The van der Waals surface area contributed by atoms with Gasteiger partial charge >= 0.3 is 0 Å². The highest BCUT2D eigenvalue weighted by atomic mass is 32.1. The average molecular weight is 343 g/mol. The fourth-order valence-corrected chi connectivity index (χ4v) is 5.02. The van der Waals surface area contributed by atoms with E-state index in [0.717, 1.165) is 41.6 Å². The first-order valence-corrected chi connectivity index (χ1v) is 9.27. The minimum atomic E-state index is -0.0865. The molecule has 2 aliphatic carbocycles. The molecule has 1 N–H and O–H groups in total. The molecule has 2 aliphatic rings. The van der Waals surface area contributed by atoms with Crippen molar-refractivity contribution in [2.45, 2.75) is 52.4 Å². The summed E-state index contributed by atoms with van der Waals surface area (Å²) in [6, 6.07) is 0. The number of carbonyl (C=O) groups excluding carboxylic acids is 1. The lowest BCUT2D eigenvalue weighted by Gasteiger charge is -2.29. The van der Waals surface area contributed by atoms with Crippen molar-refractivity contribution in [1.29, 1.82) is 0 Å². The third-order valence-electron chi connectivity index (χ3n) is 4.80. The van der Waals surface area contributed by atoms with Crippen LogP contribution in [-0.2, 0) is 17.6 Å². The molecular weight excluding hydrogens is 322 g/mol. The number of aryl methyl sites for hydroxylation is 2. The van der Waals surface area contributed by atoms with Gasteiger partial charge in [-0.25, -0.2) is 9.66 Å². The van der Waals surface area contributed by atoms with Crippen LogP contribution in [0.15, 0.2) is 22.9 Å². The zero-order valence-electron chi connectivity index (χ0n) is 14.0. The highest BCUT2D eigenvalue weighted by Crippen LogP contribution is 2.34. The summed E-state index contributed by atoms with van der Waals surface area (Å²) in [7, 11) is 0. The fraction of sp³-hybridized carbons (Fsp3) is 0.500. The molecule has 0 radical (unpaired) electrons. The molecule has 0 aliphatic heterocycles. The van der Waals surface area contributed by atoms with Crippen molar-refractivity contribution in [3.8, 4) is 0 Å². The summed E-state index contributed by atoms with van der Waals surface area (Å²) in [5, 5.41) is 0.756. The molecule has 0 unspecified atom stereocenters. The number of allylic oxidation sites excluding steroid dienone is 2. The first-order chi connectivity index (χ1) is 11.4. The number of nitrogens with one attached hydrogen (secondary N) is 1. The molecule has 5 nitrogen and oxygen atoms in total. The number of carbonyl (C=O) groups is 1. The van der Waals surface area contributed by atoms with Gasteiger partial charge in [-0.2, -0.15) is 0 Å². The van der Waals surface area contributed by atoms with E-state index in [0.29, 0.717) is 6.42 Å². The highest BCUT2D eigenvalue weighted by Gasteiger charge is 2.28. The third kappa shape index (κ3) is 2.69. The van der Waals surface area contributed by atoms with Crippen LogP contribution in [0.5, 0.6) is 0 Å². The molecule has 2 aromatic rings. The molecule has 0 atom stereocenters. The number of rotatable bonds is 2. The monoisotopic (exact) mass is 343 g/mol. The Labute approximate surface area is 144 Å². The van der Waals surface area contributed by atoms with Crippen LogP contribution < -0.4 is 11.0 Å². The molecule has 126 valence electrons. The van der Waals surface area contributed by atoms with E-state index in [1.807, 2.05) is 0 Å². The van der Waals surface area contributed by atoms with Crippen LogP contribution in [0.3, 0.4) is 0 Å². The van der Waals surface area contributed by atoms with E-state index in [2.05, 4.69) is 24.3 Å². The Morgan fingerprint density at radius 1 is 1.21 bits per heavy atom. The van der Waals surface area contributed by atoms with Crippen molar-refractivity contribution < 1.29 is 4.79 Å². The van der Waals surface area contributed by atoms with Crippen molar-refractivity contribution in [2.75, 3.05) is 5.43 Å². The highest BCUT2D eigenvalue weighted by molar-refractivity contribution is 7.18. The summed E-state index contributed by atoms with van der Waals surface area (Å²) in [5.41, 5.74) is 4.93. The first kappa shape index (κ1) is 15.6. The molecule has 0 saturated carbocycles. The predicted molar refractivity (Wildman–Crippen MR) is 96.0 cm³/mol. The van der Waals surface area contributed by atoms with Crippen LogP contribution in [0.4, 0.5) is 0 Å². The molecule has 2 heterocycles. The van der Waals surface area contributed by atoms with Gasteiger partial charge in [-0.1, -0.05) is 13.8 Å². The van der Waals surface area contributed by atoms with Gasteiger partial charge < -0.3 is 0 Å². The Bertz CT molecular complexity index is 920. The average Bonchev–Trinajstić information content (AvgIpc) is 2.87. The topological polar surface area (TPSA) is 64.0 Å². The first-order valence-electron chi connectivity index (χ1n) is 8.45. The van der Waals surface area contributed by atoms with Crippen LogP contribution in [-0.4, -0.2) is 15.4 Å². The van der Waals surface area contributed by atoms with Crippen molar-refractivity contribution >= 4 is 27.3 Å². The fourth-order valence-electron chi connectivity index (χ4n) is 3.80. The molecule has 6 heteroatoms. The van der Waals surface area contributed by atoms with Crippen molar-refractivity contribution in [3.05, 3.63) is 38.9 Å². The second-order valence-corrected chi connectivity index (χ2v) is 8.66. The summed E-state index contributed by atoms with van der Waals surface area (Å²) in [6.45, 7) is 4.14. The van der Waals surface area contributed by atoms with Crippen LogP contribution in [0.2, 0.25) is 0 Å². The molecular formula is C18H21N3O2S. The van der Waals surface area contributed by atoms with E-state index in [4.69, 9.17) is 0 Å². The summed E-state index contributed by atoms with van der Waals surface area (Å²) in [5.74, 6) is 0.101. The molecule has 0 bridgehead atoms. The van der Waals surface area contributed by atoms with Crippen molar-refractivity contribution in [3.63, 3.8) is 0 Å². The number of nitrogens with zero attached hydrogens (tertiary/aromatic N) is 2. The maximum absolute atomic E-state index is 12.9. The summed E-state index contributed by atoms with van der Waals surface area (Å²) < 4.78 is 1.43. The standard InChI is InChI=1S/C18H21N3O2S/c1-18(2)8-11(7-12(22)9-18)20-21-10-19-16-15(17(21)23)13-5-3-4-6-14(13)24-16/h7,10,20H,3-6,8-9H2,1-2H3. The number of ketones is 1. The van der Waals surface area contributed by atoms with Gasteiger partial charge in [-0.15, -0.1) is 11.3 Å². The van der Waals surface area contributed by atoms with Gasteiger partial charge in [0.15, 0.2) is 5.78 Å². The van der Waals surface area contributed by atoms with Crippen molar-refractivity contribution in [2.24, 2.45) is 5.41 Å². The van der Waals surface area contributed by atoms with Crippen LogP contribution >= 0.6 is 11.3 Å². The van der Waals surface area contributed by atoms with Crippen molar-refractivity contribution in [1.82, 2.24) is 9.66 Å². The van der Waals surface area contributed by atoms with E-state index in [9.17, 15) is 9.59 Å². The lowest BCUT2D eigenvalue weighted by atomic mass is 9.79. The Hall–Kier alpha value is -1.95. The van der Waals surface area contributed by atoms with E-state index < -0.39 is 0 Å². The number of fused-ring (bicyclic) bond motifs is 3. The van der Waals surface area contributed by atoms with Gasteiger partial charge in [0.2, 0.25) is 0 Å². The second-order valence-electron chi connectivity index (χ2n) is 7.58. The summed E-state index contributed by atoms with van der Waals surface area (Å²) in [6.07, 6.45) is 8.78. The van der Waals surface area contributed by atoms with E-state index >= 15 is 0 Å². The van der Waals surface area contributed by atoms with Gasteiger partial charge in [-0.05, 0) is 43.1 Å². The number of aromatic nitrogens is 2. The van der Waals surface area contributed by atoms with E-state index in [1.165, 1.54) is 21.5 Å². The molecule has 0 aromatic carbocycles. The van der Waals surface area contributed by atoms with Gasteiger partial charge in [0.05, 0.1) is 5.39 Å². The van der Waals surface area contributed by atoms with Gasteiger partial charge in [0.25, 0.3) is 5.56 Å². The lowest BCUT2D eigenvalue weighted by molar-refractivity contribution is -0.117. The zero-order valence-corrected chi connectivity index (χ0v) is 14.8. The molecule has 4 rings (SSSR count). The molecule has 0 fully saturated rings. The largest absolute Gasteiger partial charge is 0.295 e. The van der Waals surface area contributed by atoms with E-state index in [1.54, 1.807) is 23.7 Å². The summed E-state index contributed by atoms with van der Waals surface area (Å²) >= 11 is 1.65. The van der Waals surface area contributed by atoms with Crippen LogP contribution in [0, 0.1) is 5.41 Å². The van der Waals surface area contributed by atoms with Crippen LogP contribution in [0.25, 0.3) is 10.2 Å². The molecule has 2 aromatic heterocycles. The van der Waals surface area contributed by atoms with Gasteiger partial charge in [0, 0.05) is 23.1 Å². The Kier molecular flexibility index (Phi) is 3.60. The van der Waals surface area contributed by atoms with Gasteiger partial charge in [-0.3, -0.25) is 15.0 Å². The maximum Gasteiger partial charge on any atom is 0.281 e. The minimum absolute atomic E-state index is 0.0591. The SMILES string of the molecule is CC1(C)CC(=O)C=C(Nn2cnc3sc4c(c3c2=O)CCCC4)C1. The summed E-state index contributed by atoms with van der Waals surface area (Å²) in [4.78, 5) is 31.5. The molecule has 24 heavy (non-hydrogen) atoms. The Morgan fingerprint density at radius 3 is 2.79 bits per heavy atom. The minimum Gasteiger partial charge on any atom is -0.295 e. The smallest absolute Gasteiger partial charge is 0.281 e. The normalized spacial score (nSPS) is 19.9. The van der Waals surface area contributed by atoms with Crippen LogP contribution in [0.1, 0.15) is 50.0 Å². The zero-order chi connectivity index (χ0) is 16.9. The third-order valence-corrected chi connectivity index (χ3v) is 6.00. The Morgan fingerprint density at radius 2 is 2.00 bits per heavy atom. The van der Waals surface area contributed by atoms with Gasteiger partial charge in [0.1, 0.15) is 11.2 Å². The predicted octanol–water partition coefficient (Wildman–Crippen LogP) is 3.15. The number of hydrogen-bond acceptors (Lipinski definition) is 5. The number of thiophene rings is 1. The number of hydrogen-bond donors (Lipinski definition) is 1. The Balaban J connectivity index is 1.74. The maximum atomic E-state index is 12.9. The lowest BCUT2D eigenvalue weighted by Crippen LogP contribution is -2.33.